The van der Waals surface area contributed by atoms with E-state index in [1.54, 1.807) is 19.9 Å². The van der Waals surface area contributed by atoms with Crippen molar-refractivity contribution in [3.63, 3.8) is 0 Å². The SMILES string of the molecule is Cc1noc(C)c1-c1cc(C(N)=O)c2[nH]c3cc(C(C)(C)O)ccc3c2c1. The highest BCUT2D eigenvalue weighted by Gasteiger charge is 2.20. The molecule has 2 aromatic carbocycles. The molecule has 1 amide bonds. The third-order valence-electron chi connectivity index (χ3n) is 5.00. The van der Waals surface area contributed by atoms with Crippen LogP contribution >= 0.6 is 0 Å². The number of H-pyrrole nitrogens is 1. The second-order valence-electron chi connectivity index (χ2n) is 7.45. The molecular weight excluding hydrogens is 342 g/mol. The van der Waals surface area contributed by atoms with Crippen LogP contribution < -0.4 is 5.73 Å². The molecule has 0 bridgehead atoms. The summed E-state index contributed by atoms with van der Waals surface area (Å²) in [5, 5.41) is 16.1. The van der Waals surface area contributed by atoms with E-state index in [2.05, 4.69) is 10.1 Å². The number of primary amides is 1. The minimum Gasteiger partial charge on any atom is -0.386 e. The van der Waals surface area contributed by atoms with Crippen molar-refractivity contribution in [2.45, 2.75) is 33.3 Å². The number of nitrogens with two attached hydrogens (primary N) is 1. The van der Waals surface area contributed by atoms with Gasteiger partial charge in [-0.2, -0.15) is 0 Å². The van der Waals surface area contributed by atoms with Crippen molar-refractivity contribution < 1.29 is 14.4 Å². The van der Waals surface area contributed by atoms with Crippen molar-refractivity contribution in [2.24, 2.45) is 5.73 Å². The number of hydrogen-bond acceptors (Lipinski definition) is 4. The Morgan fingerprint density at radius 3 is 2.52 bits per heavy atom. The molecule has 4 rings (SSSR count). The van der Waals surface area contributed by atoms with Crippen LogP contribution in [0.3, 0.4) is 0 Å². The molecule has 0 atom stereocenters. The third-order valence-corrected chi connectivity index (χ3v) is 5.00. The molecule has 0 unspecified atom stereocenters. The quantitative estimate of drug-likeness (QED) is 0.513. The molecule has 27 heavy (non-hydrogen) atoms. The Morgan fingerprint density at radius 2 is 1.93 bits per heavy atom. The fraction of sp³-hybridized carbons (Fsp3) is 0.238. The van der Waals surface area contributed by atoms with E-state index >= 15 is 0 Å². The van der Waals surface area contributed by atoms with Gasteiger partial charge in [0.1, 0.15) is 5.76 Å². The smallest absolute Gasteiger partial charge is 0.250 e. The lowest BCUT2D eigenvalue weighted by Crippen LogP contribution is -2.14. The number of rotatable bonds is 3. The van der Waals surface area contributed by atoms with E-state index in [0.717, 1.165) is 38.7 Å². The Labute approximate surface area is 156 Å². The molecule has 0 fully saturated rings. The molecule has 0 saturated heterocycles. The molecule has 0 aliphatic rings. The Kier molecular flexibility index (Phi) is 3.65. The Bertz CT molecular complexity index is 1190. The molecule has 0 aliphatic carbocycles. The van der Waals surface area contributed by atoms with Crippen LogP contribution in [0.2, 0.25) is 0 Å². The van der Waals surface area contributed by atoms with Gasteiger partial charge in [-0.1, -0.05) is 17.3 Å². The van der Waals surface area contributed by atoms with E-state index in [9.17, 15) is 9.90 Å². The number of aromatic nitrogens is 2. The van der Waals surface area contributed by atoms with Crippen molar-refractivity contribution in [1.29, 1.82) is 0 Å². The normalized spacial score (nSPS) is 12.2. The van der Waals surface area contributed by atoms with Gasteiger partial charge in [0.2, 0.25) is 0 Å². The number of benzene rings is 2. The minimum absolute atomic E-state index is 0.406. The van der Waals surface area contributed by atoms with E-state index in [-0.39, 0.29) is 0 Å². The lowest BCUT2D eigenvalue weighted by Gasteiger charge is -2.17. The summed E-state index contributed by atoms with van der Waals surface area (Å²) in [4.78, 5) is 15.4. The molecule has 4 aromatic rings. The molecule has 0 spiro atoms. The average molecular weight is 363 g/mol. The van der Waals surface area contributed by atoms with Crippen LogP contribution in [-0.4, -0.2) is 21.2 Å². The van der Waals surface area contributed by atoms with Crippen molar-refractivity contribution in [2.75, 3.05) is 0 Å². The molecule has 6 nitrogen and oxygen atoms in total. The fourth-order valence-electron chi connectivity index (χ4n) is 3.62. The Hall–Kier alpha value is -3.12. The van der Waals surface area contributed by atoms with E-state index in [1.807, 2.05) is 38.1 Å². The van der Waals surface area contributed by atoms with Gasteiger partial charge in [-0.05, 0) is 57.0 Å². The number of carbonyl (C=O) groups is 1. The van der Waals surface area contributed by atoms with Crippen molar-refractivity contribution in [3.05, 3.63) is 52.9 Å². The third kappa shape index (κ3) is 2.69. The summed E-state index contributed by atoms with van der Waals surface area (Å²) in [6, 6.07) is 9.52. The Morgan fingerprint density at radius 1 is 1.19 bits per heavy atom. The summed E-state index contributed by atoms with van der Waals surface area (Å²) < 4.78 is 5.28. The van der Waals surface area contributed by atoms with Crippen molar-refractivity contribution in [3.8, 4) is 11.1 Å². The summed E-state index contributed by atoms with van der Waals surface area (Å²) in [5.74, 6) is 0.175. The van der Waals surface area contributed by atoms with Gasteiger partial charge in [0.05, 0.1) is 22.4 Å². The average Bonchev–Trinajstić information content (AvgIpc) is 3.12. The number of aryl methyl sites for hydroxylation is 2. The number of hydrogen-bond donors (Lipinski definition) is 3. The second kappa shape index (κ2) is 5.69. The standard InChI is InChI=1S/C21H21N3O3/c1-10-18(11(2)27-24-10)12-7-15-14-6-5-13(21(3,4)26)9-17(14)23-19(15)16(8-12)20(22)25/h5-9,23,26H,1-4H3,(H2,22,25). The van der Waals surface area contributed by atoms with Gasteiger partial charge in [-0.25, -0.2) is 0 Å². The molecular formula is C21H21N3O3. The number of nitrogens with zero attached hydrogens (tertiary/aromatic N) is 1. The largest absolute Gasteiger partial charge is 0.386 e. The Balaban J connectivity index is 2.07. The summed E-state index contributed by atoms with van der Waals surface area (Å²) in [5.41, 5.74) is 9.86. The minimum atomic E-state index is -0.958. The van der Waals surface area contributed by atoms with Gasteiger partial charge < -0.3 is 20.3 Å². The molecule has 6 heteroatoms. The predicted molar refractivity (Wildman–Crippen MR) is 105 cm³/mol. The maximum Gasteiger partial charge on any atom is 0.250 e. The molecule has 138 valence electrons. The first-order valence-electron chi connectivity index (χ1n) is 8.72. The second-order valence-corrected chi connectivity index (χ2v) is 7.45. The van der Waals surface area contributed by atoms with Gasteiger partial charge in [-0.15, -0.1) is 0 Å². The van der Waals surface area contributed by atoms with Crippen LogP contribution in [0.15, 0.2) is 34.9 Å². The summed E-state index contributed by atoms with van der Waals surface area (Å²) in [6.45, 7) is 7.18. The zero-order valence-electron chi connectivity index (χ0n) is 15.7. The number of carbonyl (C=O) groups excluding carboxylic acids is 1. The predicted octanol–water partition coefficient (Wildman–Crippen LogP) is 3.92. The molecule has 2 heterocycles. The molecule has 0 saturated carbocycles. The zero-order valence-corrected chi connectivity index (χ0v) is 15.7. The highest BCUT2D eigenvalue weighted by molar-refractivity contribution is 6.16. The van der Waals surface area contributed by atoms with E-state index < -0.39 is 11.5 Å². The summed E-state index contributed by atoms with van der Waals surface area (Å²) in [7, 11) is 0. The summed E-state index contributed by atoms with van der Waals surface area (Å²) in [6.07, 6.45) is 0. The van der Waals surface area contributed by atoms with Gasteiger partial charge in [0, 0.05) is 21.9 Å². The maximum atomic E-state index is 12.1. The number of aliphatic hydroxyl groups is 1. The molecule has 0 aliphatic heterocycles. The van der Waals surface area contributed by atoms with Gasteiger partial charge in [0.15, 0.2) is 0 Å². The highest BCUT2D eigenvalue weighted by Crippen LogP contribution is 2.36. The monoisotopic (exact) mass is 363 g/mol. The van der Waals surface area contributed by atoms with Gasteiger partial charge in [0.25, 0.3) is 5.91 Å². The first-order chi connectivity index (χ1) is 12.7. The van der Waals surface area contributed by atoms with Crippen molar-refractivity contribution >= 4 is 27.7 Å². The van der Waals surface area contributed by atoms with Gasteiger partial charge in [-0.3, -0.25) is 4.79 Å². The van der Waals surface area contributed by atoms with Crippen LogP contribution in [-0.2, 0) is 5.60 Å². The first-order valence-corrected chi connectivity index (χ1v) is 8.72. The first kappa shape index (κ1) is 17.3. The van der Waals surface area contributed by atoms with Crippen LogP contribution in [0.5, 0.6) is 0 Å². The van der Waals surface area contributed by atoms with Gasteiger partial charge >= 0.3 is 0 Å². The van der Waals surface area contributed by atoms with Crippen molar-refractivity contribution in [1.82, 2.24) is 10.1 Å². The molecule has 2 aromatic heterocycles. The number of amides is 1. The van der Waals surface area contributed by atoms with Crippen LogP contribution in [0, 0.1) is 13.8 Å². The zero-order chi connectivity index (χ0) is 19.5. The number of nitrogens with one attached hydrogen (secondary N) is 1. The van der Waals surface area contributed by atoms with E-state index in [1.165, 1.54) is 0 Å². The van der Waals surface area contributed by atoms with E-state index in [4.69, 9.17) is 10.3 Å². The van der Waals surface area contributed by atoms with E-state index in [0.29, 0.717) is 16.8 Å². The highest BCUT2D eigenvalue weighted by atomic mass is 16.5. The number of aromatic amines is 1. The van der Waals surface area contributed by atoms with Crippen LogP contribution in [0.4, 0.5) is 0 Å². The molecule has 4 N–H and O–H groups in total. The van der Waals surface area contributed by atoms with Crippen LogP contribution in [0.1, 0.15) is 41.2 Å². The summed E-state index contributed by atoms with van der Waals surface area (Å²) >= 11 is 0. The topological polar surface area (TPSA) is 105 Å². The molecule has 0 radical (unpaired) electrons. The van der Waals surface area contributed by atoms with Crippen LogP contribution in [0.25, 0.3) is 32.9 Å². The lowest BCUT2D eigenvalue weighted by atomic mass is 9.95. The lowest BCUT2D eigenvalue weighted by molar-refractivity contribution is 0.0787. The fourth-order valence-corrected chi connectivity index (χ4v) is 3.62. The number of fused-ring (bicyclic) bond motifs is 3. The maximum absolute atomic E-state index is 12.1.